The number of fused-ring (bicyclic) bond motifs is 1. The fraction of sp³-hybridized carbons (Fsp3) is 0.214. The Morgan fingerprint density at radius 3 is 2.33 bits per heavy atom. The molecular weight excluding hydrogens is 412 g/mol. The van der Waals surface area contributed by atoms with E-state index in [9.17, 15) is 9.59 Å². The number of carbonyl (C=O) groups is 2. The van der Waals surface area contributed by atoms with Crippen molar-refractivity contribution in [2.24, 2.45) is 5.92 Å². The molecule has 5 heteroatoms. The summed E-state index contributed by atoms with van der Waals surface area (Å²) in [7, 11) is 0. The SMILES string of the molecule is O=C(NC(c1ccccc1)c1ccco1)C1CCN(C(=O)c2cccc3ccccc23)CC1. The zero-order chi connectivity index (χ0) is 22.6. The number of hydrogen-bond donors (Lipinski definition) is 1. The first-order chi connectivity index (χ1) is 16.2. The van der Waals surface area contributed by atoms with Crippen molar-refractivity contribution in [1.82, 2.24) is 10.2 Å². The molecule has 33 heavy (non-hydrogen) atoms. The third-order valence-corrected chi connectivity index (χ3v) is 6.42. The molecule has 1 fully saturated rings. The largest absolute Gasteiger partial charge is 0.467 e. The van der Waals surface area contributed by atoms with E-state index in [1.54, 1.807) is 6.26 Å². The molecule has 2 heterocycles. The lowest BCUT2D eigenvalue weighted by molar-refractivity contribution is -0.126. The maximum atomic E-state index is 13.2. The first-order valence-electron chi connectivity index (χ1n) is 11.4. The molecule has 2 amide bonds. The van der Waals surface area contributed by atoms with E-state index in [1.165, 1.54) is 0 Å². The van der Waals surface area contributed by atoms with Gasteiger partial charge in [-0.05, 0) is 47.4 Å². The van der Waals surface area contributed by atoms with E-state index in [0.717, 1.165) is 21.9 Å². The van der Waals surface area contributed by atoms with Gasteiger partial charge < -0.3 is 14.6 Å². The molecule has 5 nitrogen and oxygen atoms in total. The number of piperidine rings is 1. The van der Waals surface area contributed by atoms with Gasteiger partial charge in [0.25, 0.3) is 5.91 Å². The van der Waals surface area contributed by atoms with Gasteiger partial charge in [-0.15, -0.1) is 0 Å². The average molecular weight is 439 g/mol. The summed E-state index contributed by atoms with van der Waals surface area (Å²) in [4.78, 5) is 28.2. The van der Waals surface area contributed by atoms with Gasteiger partial charge in [0.2, 0.25) is 5.91 Å². The number of amides is 2. The molecule has 0 aliphatic carbocycles. The van der Waals surface area contributed by atoms with Crippen molar-refractivity contribution in [2.75, 3.05) is 13.1 Å². The third kappa shape index (κ3) is 4.40. The molecule has 166 valence electrons. The van der Waals surface area contributed by atoms with Gasteiger partial charge in [-0.1, -0.05) is 66.7 Å². The van der Waals surface area contributed by atoms with E-state index in [2.05, 4.69) is 5.32 Å². The molecule has 1 aliphatic heterocycles. The van der Waals surface area contributed by atoms with Crippen LogP contribution in [-0.2, 0) is 4.79 Å². The van der Waals surface area contributed by atoms with Gasteiger partial charge in [0.15, 0.2) is 0 Å². The van der Waals surface area contributed by atoms with E-state index in [1.807, 2.05) is 89.8 Å². The van der Waals surface area contributed by atoms with Crippen LogP contribution in [0.15, 0.2) is 95.6 Å². The van der Waals surface area contributed by atoms with Crippen LogP contribution >= 0.6 is 0 Å². The molecule has 0 radical (unpaired) electrons. The van der Waals surface area contributed by atoms with E-state index >= 15 is 0 Å². The Bertz CT molecular complexity index is 1240. The molecule has 1 aliphatic rings. The number of hydrogen-bond acceptors (Lipinski definition) is 3. The monoisotopic (exact) mass is 438 g/mol. The van der Waals surface area contributed by atoms with Crippen LogP contribution in [0.5, 0.6) is 0 Å². The normalized spacial score (nSPS) is 15.3. The summed E-state index contributed by atoms with van der Waals surface area (Å²) in [6, 6.07) is 27.0. The molecule has 1 unspecified atom stereocenters. The van der Waals surface area contributed by atoms with Crippen LogP contribution in [0.1, 0.15) is 40.6 Å². The highest BCUT2D eigenvalue weighted by atomic mass is 16.3. The summed E-state index contributed by atoms with van der Waals surface area (Å²) in [5, 5.41) is 5.19. The summed E-state index contributed by atoms with van der Waals surface area (Å²) in [5.74, 6) is 0.599. The summed E-state index contributed by atoms with van der Waals surface area (Å²) in [6.45, 7) is 1.13. The number of carbonyl (C=O) groups excluding carboxylic acids is 2. The summed E-state index contributed by atoms with van der Waals surface area (Å²) >= 11 is 0. The zero-order valence-electron chi connectivity index (χ0n) is 18.3. The Balaban J connectivity index is 1.26. The molecule has 3 aromatic carbocycles. The Morgan fingerprint density at radius 1 is 0.848 bits per heavy atom. The minimum atomic E-state index is -0.330. The van der Waals surface area contributed by atoms with Gasteiger partial charge in [0.1, 0.15) is 11.8 Å². The Kier molecular flexibility index (Phi) is 5.94. The molecule has 1 N–H and O–H groups in total. The predicted octanol–water partition coefficient (Wildman–Crippen LogP) is 5.19. The van der Waals surface area contributed by atoms with Crippen molar-refractivity contribution in [1.29, 1.82) is 0 Å². The molecule has 1 atom stereocenters. The van der Waals surface area contributed by atoms with E-state index in [-0.39, 0.29) is 23.8 Å². The predicted molar refractivity (Wildman–Crippen MR) is 128 cm³/mol. The minimum Gasteiger partial charge on any atom is -0.467 e. The van der Waals surface area contributed by atoms with Crippen molar-refractivity contribution in [2.45, 2.75) is 18.9 Å². The van der Waals surface area contributed by atoms with Gasteiger partial charge in [0, 0.05) is 24.6 Å². The molecule has 4 aromatic rings. The maximum Gasteiger partial charge on any atom is 0.254 e. The van der Waals surface area contributed by atoms with Crippen molar-refractivity contribution in [3.63, 3.8) is 0 Å². The lowest BCUT2D eigenvalue weighted by Gasteiger charge is -2.32. The Morgan fingerprint density at radius 2 is 1.58 bits per heavy atom. The van der Waals surface area contributed by atoms with Crippen molar-refractivity contribution in [3.05, 3.63) is 108 Å². The van der Waals surface area contributed by atoms with Crippen LogP contribution in [0.3, 0.4) is 0 Å². The lowest BCUT2D eigenvalue weighted by Crippen LogP contribution is -2.43. The third-order valence-electron chi connectivity index (χ3n) is 6.42. The van der Waals surface area contributed by atoms with Crippen LogP contribution < -0.4 is 5.32 Å². The fourth-order valence-corrected chi connectivity index (χ4v) is 4.61. The first-order valence-corrected chi connectivity index (χ1v) is 11.4. The number of nitrogens with zero attached hydrogens (tertiary/aromatic N) is 1. The van der Waals surface area contributed by atoms with Gasteiger partial charge in [-0.2, -0.15) is 0 Å². The maximum absolute atomic E-state index is 13.2. The van der Waals surface area contributed by atoms with Crippen molar-refractivity contribution < 1.29 is 14.0 Å². The lowest BCUT2D eigenvalue weighted by atomic mass is 9.93. The van der Waals surface area contributed by atoms with Gasteiger partial charge in [-0.3, -0.25) is 9.59 Å². The van der Waals surface area contributed by atoms with Crippen LogP contribution in [-0.4, -0.2) is 29.8 Å². The quantitative estimate of drug-likeness (QED) is 0.466. The second-order valence-electron chi connectivity index (χ2n) is 8.46. The molecule has 1 saturated heterocycles. The highest BCUT2D eigenvalue weighted by molar-refractivity contribution is 6.07. The average Bonchev–Trinajstić information content (AvgIpc) is 3.42. The first kappa shape index (κ1) is 21.0. The van der Waals surface area contributed by atoms with Gasteiger partial charge >= 0.3 is 0 Å². The fourth-order valence-electron chi connectivity index (χ4n) is 4.61. The summed E-state index contributed by atoms with van der Waals surface area (Å²) in [5.41, 5.74) is 1.70. The van der Waals surface area contributed by atoms with Crippen LogP contribution in [0, 0.1) is 5.92 Å². The van der Waals surface area contributed by atoms with Crippen LogP contribution in [0.2, 0.25) is 0 Å². The number of rotatable bonds is 5. The second-order valence-corrected chi connectivity index (χ2v) is 8.46. The highest BCUT2D eigenvalue weighted by Crippen LogP contribution is 2.26. The molecule has 0 spiro atoms. The van der Waals surface area contributed by atoms with Crippen LogP contribution in [0.4, 0.5) is 0 Å². The summed E-state index contributed by atoms with van der Waals surface area (Å²) < 4.78 is 5.60. The Hall–Kier alpha value is -3.86. The highest BCUT2D eigenvalue weighted by Gasteiger charge is 2.30. The topological polar surface area (TPSA) is 62.6 Å². The van der Waals surface area contributed by atoms with E-state index < -0.39 is 0 Å². The second kappa shape index (κ2) is 9.33. The molecule has 5 rings (SSSR count). The molecule has 1 aromatic heterocycles. The minimum absolute atomic E-state index is 0.00230. The molecule has 0 saturated carbocycles. The standard InChI is InChI=1S/C28H26N2O3/c31-27(29-26(25-14-7-19-33-25)21-9-2-1-3-10-21)22-15-17-30(18-16-22)28(32)24-13-6-11-20-8-4-5-12-23(20)24/h1-14,19,22,26H,15-18H2,(H,29,31). The van der Waals surface area contributed by atoms with Crippen molar-refractivity contribution in [3.8, 4) is 0 Å². The van der Waals surface area contributed by atoms with E-state index in [0.29, 0.717) is 31.7 Å². The zero-order valence-corrected chi connectivity index (χ0v) is 18.3. The number of nitrogens with one attached hydrogen (secondary N) is 1. The smallest absolute Gasteiger partial charge is 0.254 e. The van der Waals surface area contributed by atoms with Crippen molar-refractivity contribution >= 4 is 22.6 Å². The summed E-state index contributed by atoms with van der Waals surface area (Å²) in [6.07, 6.45) is 2.90. The number of furan rings is 1. The van der Waals surface area contributed by atoms with Crippen LogP contribution in [0.25, 0.3) is 10.8 Å². The number of benzene rings is 3. The number of likely N-dealkylation sites (tertiary alicyclic amines) is 1. The molecular formula is C28H26N2O3. The van der Waals surface area contributed by atoms with Gasteiger partial charge in [0.05, 0.1) is 6.26 Å². The van der Waals surface area contributed by atoms with E-state index in [4.69, 9.17) is 4.42 Å². The van der Waals surface area contributed by atoms with Gasteiger partial charge in [-0.25, -0.2) is 0 Å². The Labute approximate surface area is 193 Å². The molecule has 0 bridgehead atoms.